The fourth-order valence-electron chi connectivity index (χ4n) is 2.57. The molecule has 0 bridgehead atoms. The van der Waals surface area contributed by atoms with E-state index in [1.165, 1.54) is 0 Å². The van der Waals surface area contributed by atoms with Crippen LogP contribution >= 0.6 is 0 Å². The van der Waals surface area contributed by atoms with Crippen LogP contribution in [0.15, 0.2) is 50.2 Å². The van der Waals surface area contributed by atoms with Crippen molar-refractivity contribution in [1.29, 1.82) is 0 Å². The topological polar surface area (TPSA) is 67.1 Å². The lowest BCUT2D eigenvalue weighted by Gasteiger charge is -2.28. The lowest BCUT2D eigenvalue weighted by atomic mass is 9.66. The van der Waals surface area contributed by atoms with Gasteiger partial charge in [0.25, 0.3) is 0 Å². The third-order valence-corrected chi connectivity index (χ3v) is 3.69. The first kappa shape index (κ1) is 15.4. The minimum Gasteiger partial charge on any atom is -0.473 e. The largest absolute Gasteiger partial charge is 0.505 e. The van der Waals surface area contributed by atoms with Crippen LogP contribution in [0.3, 0.4) is 0 Å². The second kappa shape index (κ2) is 6.09. The van der Waals surface area contributed by atoms with Gasteiger partial charge in [-0.05, 0) is 55.7 Å². The van der Waals surface area contributed by atoms with E-state index in [0.29, 0.717) is 17.0 Å². The fraction of sp³-hybridized carbons (Fsp3) is 0.200. The lowest BCUT2D eigenvalue weighted by Crippen LogP contribution is -2.60. The van der Waals surface area contributed by atoms with Crippen LogP contribution in [0.4, 0.5) is 0 Å². The molecule has 9 heteroatoms. The molecule has 24 heavy (non-hydrogen) atoms. The molecule has 0 amide bonds. The van der Waals surface area contributed by atoms with Crippen LogP contribution in [0.2, 0.25) is 0 Å². The molecule has 0 spiro atoms. The first-order valence-electron chi connectivity index (χ1n) is 7.70. The molecule has 0 atom stereocenters. The SMILES string of the molecule is Cc1coc(B2OB(c3cc(C)co3)OB(c3cc(C)co3)O2)c1. The van der Waals surface area contributed by atoms with Gasteiger partial charge in [0, 0.05) is 0 Å². The molecular weight excluding hydrogens is 309 g/mol. The maximum absolute atomic E-state index is 5.87. The summed E-state index contributed by atoms with van der Waals surface area (Å²) in [5.74, 6) is 0. The van der Waals surface area contributed by atoms with Gasteiger partial charge < -0.3 is 27.0 Å². The van der Waals surface area contributed by atoms with Crippen LogP contribution in [0.5, 0.6) is 0 Å². The molecule has 0 saturated carbocycles. The van der Waals surface area contributed by atoms with E-state index in [0.717, 1.165) is 16.7 Å². The summed E-state index contributed by atoms with van der Waals surface area (Å²) in [5.41, 5.74) is 4.66. The normalized spacial score (nSPS) is 15.4. The Morgan fingerprint density at radius 1 is 0.542 bits per heavy atom. The van der Waals surface area contributed by atoms with Crippen molar-refractivity contribution >= 4 is 38.3 Å². The Bertz CT molecular complexity index is 722. The summed E-state index contributed by atoms with van der Waals surface area (Å²) in [7, 11) is -2.17. The molecule has 1 aliphatic heterocycles. The van der Waals surface area contributed by atoms with Crippen molar-refractivity contribution in [3.63, 3.8) is 0 Å². The Balaban J connectivity index is 1.65. The maximum Gasteiger partial charge on any atom is 0.505 e. The molecular formula is C15H15B3O6. The van der Waals surface area contributed by atoms with Gasteiger partial charge >= 0.3 is 21.4 Å². The van der Waals surface area contributed by atoms with E-state index >= 15 is 0 Å². The molecule has 0 N–H and O–H groups in total. The molecule has 1 fully saturated rings. The molecule has 0 aromatic carbocycles. The molecule has 120 valence electrons. The van der Waals surface area contributed by atoms with Crippen LogP contribution in [0.1, 0.15) is 16.7 Å². The minimum absolute atomic E-state index is 0.567. The Morgan fingerprint density at radius 3 is 1.04 bits per heavy atom. The molecule has 1 saturated heterocycles. The highest BCUT2D eigenvalue weighted by Gasteiger charge is 2.47. The van der Waals surface area contributed by atoms with Crippen molar-refractivity contribution < 1.29 is 27.0 Å². The molecule has 6 nitrogen and oxygen atoms in total. The van der Waals surface area contributed by atoms with Gasteiger partial charge in [-0.1, -0.05) is 0 Å². The average molecular weight is 324 g/mol. The minimum atomic E-state index is -0.724. The molecule has 3 aromatic rings. The summed E-state index contributed by atoms with van der Waals surface area (Å²) in [6, 6.07) is 5.60. The van der Waals surface area contributed by atoms with Gasteiger partial charge in [-0.15, -0.1) is 0 Å². The van der Waals surface area contributed by atoms with Crippen LogP contribution in [-0.2, 0) is 13.7 Å². The Hall–Kier alpha value is -2.09. The Kier molecular flexibility index (Phi) is 3.92. The predicted octanol–water partition coefficient (Wildman–Crippen LogP) is 0.940. The first-order valence-corrected chi connectivity index (χ1v) is 7.70. The van der Waals surface area contributed by atoms with Gasteiger partial charge in [-0.2, -0.15) is 0 Å². The number of aryl methyl sites for hydroxylation is 3. The number of hydrogen-bond donors (Lipinski definition) is 0. The highest BCUT2D eigenvalue weighted by atomic mass is 16.7. The van der Waals surface area contributed by atoms with Gasteiger partial charge in [0.2, 0.25) is 0 Å². The third-order valence-electron chi connectivity index (χ3n) is 3.69. The molecule has 4 heterocycles. The van der Waals surface area contributed by atoms with Gasteiger partial charge in [0.05, 0.1) is 18.8 Å². The van der Waals surface area contributed by atoms with E-state index in [2.05, 4.69) is 0 Å². The predicted molar refractivity (Wildman–Crippen MR) is 89.8 cm³/mol. The van der Waals surface area contributed by atoms with E-state index in [4.69, 9.17) is 27.0 Å². The van der Waals surface area contributed by atoms with Crippen molar-refractivity contribution in [3.8, 4) is 0 Å². The van der Waals surface area contributed by atoms with Crippen LogP contribution in [-0.4, -0.2) is 21.4 Å². The summed E-state index contributed by atoms with van der Waals surface area (Å²) in [5, 5.41) is 0. The lowest BCUT2D eigenvalue weighted by molar-refractivity contribution is 0.292. The number of rotatable bonds is 3. The van der Waals surface area contributed by atoms with Crippen molar-refractivity contribution in [2.45, 2.75) is 20.8 Å². The molecule has 0 unspecified atom stereocenters. The fourth-order valence-corrected chi connectivity index (χ4v) is 2.57. The second-order valence-electron chi connectivity index (χ2n) is 5.98. The Labute approximate surface area is 140 Å². The van der Waals surface area contributed by atoms with Gasteiger partial charge in [0.15, 0.2) is 0 Å². The molecule has 3 aromatic heterocycles. The van der Waals surface area contributed by atoms with Gasteiger partial charge in [-0.25, -0.2) is 0 Å². The van der Waals surface area contributed by atoms with Gasteiger partial charge in [0.1, 0.15) is 17.0 Å². The Morgan fingerprint density at radius 2 is 0.833 bits per heavy atom. The van der Waals surface area contributed by atoms with E-state index in [9.17, 15) is 0 Å². The third kappa shape index (κ3) is 2.98. The van der Waals surface area contributed by atoms with Crippen molar-refractivity contribution in [1.82, 2.24) is 0 Å². The molecule has 0 aliphatic carbocycles. The molecule has 4 rings (SSSR count). The van der Waals surface area contributed by atoms with E-state index in [1.807, 2.05) is 39.0 Å². The van der Waals surface area contributed by atoms with Crippen molar-refractivity contribution in [2.24, 2.45) is 0 Å². The smallest absolute Gasteiger partial charge is 0.473 e. The van der Waals surface area contributed by atoms with E-state index < -0.39 is 21.4 Å². The maximum atomic E-state index is 5.87. The van der Waals surface area contributed by atoms with Crippen molar-refractivity contribution in [3.05, 3.63) is 53.7 Å². The van der Waals surface area contributed by atoms with E-state index in [1.54, 1.807) is 18.8 Å². The van der Waals surface area contributed by atoms with Crippen LogP contribution in [0, 0.1) is 20.8 Å². The quantitative estimate of drug-likeness (QED) is 0.668. The monoisotopic (exact) mass is 324 g/mol. The second-order valence-corrected chi connectivity index (χ2v) is 5.98. The first-order chi connectivity index (χ1) is 11.6. The highest BCUT2D eigenvalue weighted by molar-refractivity contribution is 6.86. The van der Waals surface area contributed by atoms with Crippen LogP contribution < -0.4 is 17.0 Å². The summed E-state index contributed by atoms with van der Waals surface area (Å²) in [6.07, 6.45) is 4.95. The number of furan rings is 3. The molecule has 0 radical (unpaired) electrons. The molecule has 1 aliphatic rings. The summed E-state index contributed by atoms with van der Waals surface area (Å²) < 4.78 is 34.2. The number of hydrogen-bond acceptors (Lipinski definition) is 6. The van der Waals surface area contributed by atoms with Gasteiger partial charge in [-0.3, -0.25) is 0 Å². The zero-order valence-electron chi connectivity index (χ0n) is 13.6. The highest BCUT2D eigenvalue weighted by Crippen LogP contribution is 2.13. The summed E-state index contributed by atoms with van der Waals surface area (Å²) >= 11 is 0. The summed E-state index contributed by atoms with van der Waals surface area (Å²) in [6.45, 7) is 5.81. The zero-order valence-corrected chi connectivity index (χ0v) is 13.6. The summed E-state index contributed by atoms with van der Waals surface area (Å²) in [4.78, 5) is 0. The standard InChI is InChI=1S/C15H15B3O6/c1-10-4-13(19-7-10)16-22-17(14-5-11(2)8-20-14)24-18(23-16)15-6-12(3)9-21-15/h4-9H,1-3H3. The average Bonchev–Trinajstić information content (AvgIpc) is 3.28. The van der Waals surface area contributed by atoms with E-state index in [-0.39, 0.29) is 0 Å². The van der Waals surface area contributed by atoms with Crippen molar-refractivity contribution in [2.75, 3.05) is 0 Å². The van der Waals surface area contributed by atoms with Crippen LogP contribution in [0.25, 0.3) is 0 Å². The zero-order chi connectivity index (χ0) is 16.7.